The van der Waals surface area contributed by atoms with E-state index in [0.29, 0.717) is 17.7 Å². The van der Waals surface area contributed by atoms with Crippen LogP contribution in [0.4, 0.5) is 10.8 Å². The quantitative estimate of drug-likeness (QED) is 0.800. The number of nitrogens with one attached hydrogen (secondary N) is 2. The minimum absolute atomic E-state index is 0.0587. The summed E-state index contributed by atoms with van der Waals surface area (Å²) in [6.45, 7) is 0.646. The second-order valence-electron chi connectivity index (χ2n) is 6.21. The van der Waals surface area contributed by atoms with Crippen LogP contribution in [0.1, 0.15) is 19.3 Å². The first-order valence-corrected chi connectivity index (χ1v) is 10.5. The van der Waals surface area contributed by atoms with Crippen molar-refractivity contribution in [1.82, 2.24) is 10.3 Å². The molecule has 4 rings (SSSR count). The van der Waals surface area contributed by atoms with Gasteiger partial charge < -0.3 is 10.2 Å². The fraction of sp³-hybridized carbons (Fsp3) is 0.375. The van der Waals surface area contributed by atoms with Gasteiger partial charge in [0.1, 0.15) is 0 Å². The van der Waals surface area contributed by atoms with Crippen molar-refractivity contribution >= 4 is 38.1 Å². The highest BCUT2D eigenvalue weighted by Crippen LogP contribution is 2.27. The maximum atomic E-state index is 12.5. The Morgan fingerprint density at radius 2 is 1.92 bits per heavy atom. The Bertz CT molecular complexity index is 861. The average Bonchev–Trinajstić information content (AvgIpc) is 3.14. The first-order chi connectivity index (χ1) is 12.0. The summed E-state index contributed by atoms with van der Waals surface area (Å²) in [5.41, 5.74) is 0.721. The lowest BCUT2D eigenvalue weighted by Crippen LogP contribution is -2.39. The molecule has 0 unspecified atom stereocenters. The fourth-order valence-electron chi connectivity index (χ4n) is 2.88. The zero-order chi connectivity index (χ0) is 17.4. The maximum Gasteiger partial charge on any atom is 0.263 e. The predicted octanol–water partition coefficient (Wildman–Crippen LogP) is 1.80. The summed E-state index contributed by atoms with van der Waals surface area (Å²) >= 11 is 1.22. The van der Waals surface area contributed by atoms with Crippen molar-refractivity contribution in [3.8, 4) is 0 Å². The molecule has 1 atom stereocenters. The number of thiazole rings is 1. The summed E-state index contributed by atoms with van der Waals surface area (Å²) in [5.74, 6) is 0.0587. The normalized spacial score (nSPS) is 20.9. The second-order valence-corrected chi connectivity index (χ2v) is 8.79. The van der Waals surface area contributed by atoms with Gasteiger partial charge in [0.15, 0.2) is 5.13 Å². The van der Waals surface area contributed by atoms with E-state index in [9.17, 15) is 13.2 Å². The van der Waals surface area contributed by atoms with Gasteiger partial charge in [0.05, 0.1) is 10.9 Å². The lowest BCUT2D eigenvalue weighted by Gasteiger charge is -2.17. The number of carbonyl (C=O) groups excluding carboxylic acids is 1. The van der Waals surface area contributed by atoms with Crippen LogP contribution in [0.2, 0.25) is 0 Å². The molecule has 132 valence electrons. The number of anilines is 2. The summed E-state index contributed by atoms with van der Waals surface area (Å²) in [4.78, 5) is 18.3. The highest BCUT2D eigenvalue weighted by atomic mass is 32.2. The highest BCUT2D eigenvalue weighted by molar-refractivity contribution is 7.93. The molecule has 2 fully saturated rings. The highest BCUT2D eigenvalue weighted by Gasteiger charge is 2.36. The zero-order valence-electron chi connectivity index (χ0n) is 13.4. The lowest BCUT2D eigenvalue weighted by molar-refractivity contribution is -0.118. The monoisotopic (exact) mass is 378 g/mol. The van der Waals surface area contributed by atoms with Crippen molar-refractivity contribution in [2.75, 3.05) is 16.2 Å². The minimum atomic E-state index is -3.67. The second kappa shape index (κ2) is 6.40. The molecule has 25 heavy (non-hydrogen) atoms. The molecule has 1 aliphatic heterocycles. The molecule has 1 amide bonds. The van der Waals surface area contributed by atoms with Crippen LogP contribution >= 0.6 is 11.3 Å². The Morgan fingerprint density at radius 3 is 2.56 bits per heavy atom. The molecule has 1 saturated heterocycles. The number of aromatic nitrogens is 1. The van der Waals surface area contributed by atoms with Gasteiger partial charge in [-0.25, -0.2) is 13.4 Å². The summed E-state index contributed by atoms with van der Waals surface area (Å²) < 4.78 is 27.1. The molecule has 0 bridgehead atoms. The van der Waals surface area contributed by atoms with Crippen molar-refractivity contribution in [2.45, 2.75) is 36.2 Å². The van der Waals surface area contributed by atoms with Crippen LogP contribution in [0.5, 0.6) is 0 Å². The number of rotatable bonds is 6. The molecule has 2 aliphatic rings. The van der Waals surface area contributed by atoms with E-state index in [1.807, 2.05) is 0 Å². The van der Waals surface area contributed by atoms with Gasteiger partial charge in [-0.15, -0.1) is 11.3 Å². The smallest absolute Gasteiger partial charge is 0.263 e. The van der Waals surface area contributed by atoms with Gasteiger partial charge in [-0.1, -0.05) is 0 Å². The average molecular weight is 378 g/mol. The van der Waals surface area contributed by atoms with Crippen LogP contribution < -0.4 is 14.9 Å². The summed E-state index contributed by atoms with van der Waals surface area (Å²) in [6, 6.07) is 6.74. The van der Waals surface area contributed by atoms with Gasteiger partial charge in [-0.2, -0.15) is 0 Å². The summed E-state index contributed by atoms with van der Waals surface area (Å²) in [7, 11) is -3.67. The molecule has 9 heteroatoms. The Labute approximate surface area is 150 Å². The van der Waals surface area contributed by atoms with Crippen molar-refractivity contribution in [3.63, 3.8) is 0 Å². The molecule has 0 spiro atoms. The number of hydrogen-bond acceptors (Lipinski definition) is 6. The predicted molar refractivity (Wildman–Crippen MR) is 96.3 cm³/mol. The SMILES string of the molecule is O=C1[C@@H](NC2CC2)CCN1c1ccc(S(=O)(=O)Nc2nccs2)cc1. The lowest BCUT2D eigenvalue weighted by atomic mass is 10.2. The molecular weight excluding hydrogens is 360 g/mol. The van der Waals surface area contributed by atoms with Crippen LogP contribution in [0.3, 0.4) is 0 Å². The molecular formula is C16H18N4O3S2. The van der Waals surface area contributed by atoms with Crippen LogP contribution in [0.25, 0.3) is 0 Å². The van der Waals surface area contributed by atoms with Gasteiger partial charge in [-0.3, -0.25) is 9.52 Å². The Hall–Kier alpha value is -1.97. The molecule has 2 N–H and O–H groups in total. The number of nitrogens with zero attached hydrogens (tertiary/aromatic N) is 2. The van der Waals surface area contributed by atoms with Gasteiger partial charge in [-0.05, 0) is 43.5 Å². The van der Waals surface area contributed by atoms with E-state index < -0.39 is 10.0 Å². The Kier molecular flexibility index (Phi) is 4.22. The van der Waals surface area contributed by atoms with Crippen molar-refractivity contribution < 1.29 is 13.2 Å². The van der Waals surface area contributed by atoms with E-state index in [1.165, 1.54) is 29.7 Å². The molecule has 7 nitrogen and oxygen atoms in total. The van der Waals surface area contributed by atoms with Crippen LogP contribution in [0.15, 0.2) is 40.7 Å². The van der Waals surface area contributed by atoms with E-state index in [1.54, 1.807) is 22.4 Å². The summed E-state index contributed by atoms with van der Waals surface area (Å²) in [6.07, 6.45) is 4.60. The van der Waals surface area contributed by atoms with Crippen LogP contribution in [0, 0.1) is 0 Å². The largest absolute Gasteiger partial charge is 0.311 e. The maximum absolute atomic E-state index is 12.5. The fourth-order valence-corrected chi connectivity index (χ4v) is 4.67. The van der Waals surface area contributed by atoms with Crippen molar-refractivity contribution in [1.29, 1.82) is 0 Å². The van der Waals surface area contributed by atoms with E-state index >= 15 is 0 Å². The van der Waals surface area contributed by atoms with Gasteiger partial charge in [0.25, 0.3) is 10.0 Å². The van der Waals surface area contributed by atoms with Gasteiger partial charge in [0, 0.05) is 29.9 Å². The van der Waals surface area contributed by atoms with Crippen molar-refractivity contribution in [3.05, 3.63) is 35.8 Å². The van der Waals surface area contributed by atoms with Gasteiger partial charge in [0.2, 0.25) is 5.91 Å². The molecule has 2 aromatic rings. The molecule has 1 saturated carbocycles. The number of hydrogen-bond donors (Lipinski definition) is 2. The van der Waals surface area contributed by atoms with E-state index in [0.717, 1.165) is 24.9 Å². The third kappa shape index (κ3) is 3.53. The Balaban J connectivity index is 1.47. The zero-order valence-corrected chi connectivity index (χ0v) is 15.0. The topological polar surface area (TPSA) is 91.4 Å². The van der Waals surface area contributed by atoms with E-state index in [-0.39, 0.29) is 16.8 Å². The standard InChI is InChI=1S/C16H18N4O3S2/c21-15-14(18-11-1-2-11)7-9-20(15)12-3-5-13(6-4-12)25(22,23)19-16-17-8-10-24-16/h3-6,8,10-11,14,18H,1-2,7,9H2,(H,17,19)/t14-/m0/s1. The number of amides is 1. The molecule has 1 aliphatic carbocycles. The first-order valence-electron chi connectivity index (χ1n) is 8.13. The molecule has 1 aromatic carbocycles. The third-order valence-corrected chi connectivity index (χ3v) is 6.51. The minimum Gasteiger partial charge on any atom is -0.311 e. The van der Waals surface area contributed by atoms with Gasteiger partial charge >= 0.3 is 0 Å². The summed E-state index contributed by atoms with van der Waals surface area (Å²) in [5, 5.41) is 5.39. The van der Waals surface area contributed by atoms with E-state index in [4.69, 9.17) is 0 Å². The van der Waals surface area contributed by atoms with Crippen molar-refractivity contribution in [2.24, 2.45) is 0 Å². The van der Waals surface area contributed by atoms with Crippen LogP contribution in [-0.2, 0) is 14.8 Å². The molecule has 2 heterocycles. The van der Waals surface area contributed by atoms with Crippen LogP contribution in [-0.4, -0.2) is 37.9 Å². The number of sulfonamides is 1. The molecule has 0 radical (unpaired) electrons. The molecule has 1 aromatic heterocycles. The Morgan fingerprint density at radius 1 is 1.16 bits per heavy atom. The third-order valence-electron chi connectivity index (χ3n) is 4.33. The number of carbonyl (C=O) groups is 1. The van der Waals surface area contributed by atoms with E-state index in [2.05, 4.69) is 15.0 Å². The number of benzene rings is 1. The first kappa shape index (κ1) is 16.5.